The van der Waals surface area contributed by atoms with Crippen LogP contribution in [-0.2, 0) is 11.3 Å². The molecule has 0 radical (unpaired) electrons. The SMILES string of the molecule is CCNC(=NCc1cccnc1OC)NC1CCN(C(=O)CC)C1.I. The molecule has 25 heavy (non-hydrogen) atoms. The van der Waals surface area contributed by atoms with Crippen molar-refractivity contribution in [2.24, 2.45) is 4.99 Å². The van der Waals surface area contributed by atoms with Gasteiger partial charge < -0.3 is 20.3 Å². The fourth-order valence-corrected chi connectivity index (χ4v) is 2.73. The summed E-state index contributed by atoms with van der Waals surface area (Å²) in [7, 11) is 1.61. The van der Waals surface area contributed by atoms with E-state index in [0.717, 1.165) is 37.6 Å². The molecule has 1 fully saturated rings. The van der Waals surface area contributed by atoms with E-state index < -0.39 is 0 Å². The third kappa shape index (κ3) is 6.33. The molecule has 1 saturated heterocycles. The van der Waals surface area contributed by atoms with Crippen molar-refractivity contribution in [1.82, 2.24) is 20.5 Å². The van der Waals surface area contributed by atoms with Crippen molar-refractivity contribution in [3.8, 4) is 5.88 Å². The molecule has 0 aromatic carbocycles. The Morgan fingerprint density at radius 1 is 1.48 bits per heavy atom. The first kappa shape index (κ1) is 21.5. The van der Waals surface area contributed by atoms with Crippen molar-refractivity contribution in [1.29, 1.82) is 0 Å². The average molecular weight is 461 g/mol. The van der Waals surface area contributed by atoms with Gasteiger partial charge in [-0.15, -0.1) is 24.0 Å². The molecule has 1 atom stereocenters. The quantitative estimate of drug-likeness (QED) is 0.384. The van der Waals surface area contributed by atoms with E-state index in [1.807, 2.05) is 30.9 Å². The lowest BCUT2D eigenvalue weighted by Crippen LogP contribution is -2.45. The number of nitrogens with one attached hydrogen (secondary N) is 2. The lowest BCUT2D eigenvalue weighted by atomic mass is 10.2. The largest absolute Gasteiger partial charge is 0.481 e. The van der Waals surface area contributed by atoms with Gasteiger partial charge >= 0.3 is 0 Å². The summed E-state index contributed by atoms with van der Waals surface area (Å²) in [5.74, 6) is 1.55. The topological polar surface area (TPSA) is 78.9 Å². The second-order valence-corrected chi connectivity index (χ2v) is 5.69. The van der Waals surface area contributed by atoms with Crippen molar-refractivity contribution in [2.75, 3.05) is 26.7 Å². The van der Waals surface area contributed by atoms with Crippen LogP contribution >= 0.6 is 24.0 Å². The van der Waals surface area contributed by atoms with Crippen molar-refractivity contribution < 1.29 is 9.53 Å². The van der Waals surface area contributed by atoms with Gasteiger partial charge in [0, 0.05) is 43.9 Å². The number of methoxy groups -OCH3 is 1. The summed E-state index contributed by atoms with van der Waals surface area (Å²) in [6.45, 7) is 6.73. The molecule has 2 rings (SSSR count). The van der Waals surface area contributed by atoms with E-state index in [1.54, 1.807) is 13.3 Å². The summed E-state index contributed by atoms with van der Waals surface area (Å²) in [5.41, 5.74) is 0.936. The molecule has 0 bridgehead atoms. The molecule has 1 amide bonds. The number of carbonyl (C=O) groups excluding carboxylic acids is 1. The van der Waals surface area contributed by atoms with Gasteiger partial charge in [0.05, 0.1) is 13.7 Å². The van der Waals surface area contributed by atoms with Crippen LogP contribution in [0.2, 0.25) is 0 Å². The molecule has 1 aliphatic heterocycles. The van der Waals surface area contributed by atoms with Crippen molar-refractivity contribution >= 4 is 35.8 Å². The van der Waals surface area contributed by atoms with E-state index in [2.05, 4.69) is 20.6 Å². The van der Waals surface area contributed by atoms with E-state index in [4.69, 9.17) is 4.74 Å². The van der Waals surface area contributed by atoms with Gasteiger partial charge in [0.15, 0.2) is 5.96 Å². The number of aromatic nitrogens is 1. The first-order valence-electron chi connectivity index (χ1n) is 8.48. The Labute approximate surface area is 166 Å². The molecular formula is C17H28IN5O2. The van der Waals surface area contributed by atoms with Crippen LogP contribution in [0.5, 0.6) is 5.88 Å². The number of hydrogen-bond acceptors (Lipinski definition) is 4. The normalized spacial score (nSPS) is 17.0. The van der Waals surface area contributed by atoms with Crippen molar-refractivity contribution in [2.45, 2.75) is 39.3 Å². The third-order valence-corrected chi connectivity index (χ3v) is 3.98. The first-order valence-corrected chi connectivity index (χ1v) is 8.48. The monoisotopic (exact) mass is 461 g/mol. The number of guanidine groups is 1. The average Bonchev–Trinajstić information content (AvgIpc) is 3.08. The maximum Gasteiger partial charge on any atom is 0.222 e. The summed E-state index contributed by atoms with van der Waals surface area (Å²) in [5, 5.41) is 6.67. The second kappa shape index (κ2) is 11.1. The maximum atomic E-state index is 11.8. The highest BCUT2D eigenvalue weighted by atomic mass is 127. The molecule has 140 valence electrons. The molecule has 2 N–H and O–H groups in total. The van der Waals surface area contributed by atoms with Crippen LogP contribution in [0.15, 0.2) is 23.3 Å². The van der Waals surface area contributed by atoms with Crippen LogP contribution in [0.4, 0.5) is 0 Å². The zero-order chi connectivity index (χ0) is 17.4. The highest BCUT2D eigenvalue weighted by Gasteiger charge is 2.25. The number of amides is 1. The predicted molar refractivity (Wildman–Crippen MR) is 109 cm³/mol. The Balaban J connectivity index is 0.00000312. The van der Waals surface area contributed by atoms with E-state index in [9.17, 15) is 4.79 Å². The Bertz CT molecular complexity index is 582. The van der Waals surface area contributed by atoms with E-state index in [1.165, 1.54) is 0 Å². The zero-order valence-electron chi connectivity index (χ0n) is 15.1. The number of likely N-dealkylation sites (tertiary alicyclic amines) is 1. The Morgan fingerprint density at radius 3 is 2.96 bits per heavy atom. The standard InChI is InChI=1S/C17H27N5O2.HI/c1-4-15(23)22-10-8-14(12-22)21-17(18-5-2)20-11-13-7-6-9-19-16(13)24-3;/h6-7,9,14H,4-5,8,10-12H2,1-3H3,(H2,18,20,21);1H. The van der Waals surface area contributed by atoms with Gasteiger partial charge in [-0.2, -0.15) is 0 Å². The number of rotatable bonds is 6. The second-order valence-electron chi connectivity index (χ2n) is 5.69. The molecule has 1 aromatic rings. The molecular weight excluding hydrogens is 433 g/mol. The lowest BCUT2D eigenvalue weighted by Gasteiger charge is -2.18. The number of pyridine rings is 1. The van der Waals surface area contributed by atoms with E-state index >= 15 is 0 Å². The van der Waals surface area contributed by atoms with Gasteiger partial charge in [0.1, 0.15) is 0 Å². The minimum Gasteiger partial charge on any atom is -0.481 e. The maximum absolute atomic E-state index is 11.8. The number of hydrogen-bond donors (Lipinski definition) is 2. The highest BCUT2D eigenvalue weighted by molar-refractivity contribution is 14.0. The minimum atomic E-state index is 0. The molecule has 1 aliphatic rings. The Kier molecular flexibility index (Phi) is 9.54. The van der Waals surface area contributed by atoms with Crippen LogP contribution in [0.1, 0.15) is 32.3 Å². The Hall–Kier alpha value is -1.58. The lowest BCUT2D eigenvalue weighted by molar-refractivity contribution is -0.129. The number of aliphatic imine (C=N–C) groups is 1. The van der Waals surface area contributed by atoms with Gasteiger partial charge in [0.2, 0.25) is 11.8 Å². The van der Waals surface area contributed by atoms with Crippen molar-refractivity contribution in [3.63, 3.8) is 0 Å². The summed E-state index contributed by atoms with van der Waals surface area (Å²) in [4.78, 5) is 22.5. The van der Waals surface area contributed by atoms with E-state index in [-0.39, 0.29) is 35.9 Å². The van der Waals surface area contributed by atoms with Crippen LogP contribution < -0.4 is 15.4 Å². The summed E-state index contributed by atoms with van der Waals surface area (Å²) in [6.07, 6.45) is 3.20. The van der Waals surface area contributed by atoms with Gasteiger partial charge in [0.25, 0.3) is 0 Å². The number of carbonyl (C=O) groups is 1. The zero-order valence-corrected chi connectivity index (χ0v) is 17.4. The van der Waals surface area contributed by atoms with Crippen molar-refractivity contribution in [3.05, 3.63) is 23.9 Å². The minimum absolute atomic E-state index is 0. The van der Waals surface area contributed by atoms with Crippen LogP contribution in [0.3, 0.4) is 0 Å². The summed E-state index contributed by atoms with van der Waals surface area (Å²) >= 11 is 0. The first-order chi connectivity index (χ1) is 11.7. The van der Waals surface area contributed by atoms with Gasteiger partial charge in [-0.05, 0) is 19.4 Å². The molecule has 1 unspecified atom stereocenters. The molecule has 0 saturated carbocycles. The van der Waals surface area contributed by atoms with Crippen LogP contribution in [0, 0.1) is 0 Å². The molecule has 2 heterocycles. The fourth-order valence-electron chi connectivity index (χ4n) is 2.73. The molecule has 0 aliphatic carbocycles. The summed E-state index contributed by atoms with van der Waals surface area (Å²) in [6, 6.07) is 4.06. The number of ether oxygens (including phenoxy) is 1. The van der Waals surface area contributed by atoms with Crippen LogP contribution in [-0.4, -0.2) is 54.5 Å². The smallest absolute Gasteiger partial charge is 0.222 e. The van der Waals surface area contributed by atoms with E-state index in [0.29, 0.717) is 18.8 Å². The molecule has 0 spiro atoms. The molecule has 8 heteroatoms. The summed E-state index contributed by atoms with van der Waals surface area (Å²) < 4.78 is 5.26. The Morgan fingerprint density at radius 2 is 2.28 bits per heavy atom. The van der Waals surface area contributed by atoms with Crippen LogP contribution in [0.25, 0.3) is 0 Å². The van der Waals surface area contributed by atoms with Gasteiger partial charge in [-0.1, -0.05) is 13.0 Å². The third-order valence-electron chi connectivity index (χ3n) is 3.98. The fraction of sp³-hybridized carbons (Fsp3) is 0.588. The predicted octanol–water partition coefficient (Wildman–Crippen LogP) is 1.77. The molecule has 7 nitrogen and oxygen atoms in total. The van der Waals surface area contributed by atoms with Gasteiger partial charge in [-0.25, -0.2) is 9.98 Å². The highest BCUT2D eigenvalue weighted by Crippen LogP contribution is 2.15. The van der Waals surface area contributed by atoms with Gasteiger partial charge in [-0.3, -0.25) is 4.79 Å². The number of nitrogens with zero attached hydrogens (tertiary/aromatic N) is 3. The molecule has 1 aromatic heterocycles. The number of halogens is 1.